The van der Waals surface area contributed by atoms with E-state index in [0.29, 0.717) is 0 Å². The van der Waals surface area contributed by atoms with Gasteiger partial charge in [0.25, 0.3) is 0 Å². The minimum atomic E-state index is 0.862. The SMILES string of the molecule is CCC(C)CC(C)CC(C)CC(C)C. The van der Waals surface area contributed by atoms with Gasteiger partial charge in [0.2, 0.25) is 0 Å². The maximum Gasteiger partial charge on any atom is -0.0438 e. The third-order valence-corrected chi connectivity index (χ3v) is 3.18. The molecule has 0 heterocycles. The highest BCUT2D eigenvalue weighted by atomic mass is 14.2. The average Bonchev–Trinajstić information content (AvgIpc) is 2.01. The van der Waals surface area contributed by atoms with Crippen LogP contribution in [0.5, 0.6) is 0 Å². The summed E-state index contributed by atoms with van der Waals surface area (Å²) in [7, 11) is 0. The highest BCUT2D eigenvalue weighted by molar-refractivity contribution is 4.64. The van der Waals surface area contributed by atoms with Gasteiger partial charge in [0.15, 0.2) is 0 Å². The van der Waals surface area contributed by atoms with Crippen LogP contribution in [-0.4, -0.2) is 0 Å². The van der Waals surface area contributed by atoms with Crippen LogP contribution in [0.15, 0.2) is 0 Å². The van der Waals surface area contributed by atoms with E-state index >= 15 is 0 Å². The molecule has 0 bridgehead atoms. The maximum absolute atomic E-state index is 2.42. The second kappa shape index (κ2) is 7.31. The first kappa shape index (κ1) is 14.0. The van der Waals surface area contributed by atoms with Crippen LogP contribution in [0.2, 0.25) is 0 Å². The van der Waals surface area contributed by atoms with Gasteiger partial charge in [0, 0.05) is 0 Å². The molecule has 0 fully saturated rings. The average molecular weight is 198 g/mol. The molecule has 0 aliphatic rings. The quantitative estimate of drug-likeness (QED) is 0.532. The summed E-state index contributed by atoms with van der Waals surface area (Å²) in [4.78, 5) is 0. The van der Waals surface area contributed by atoms with Gasteiger partial charge in [-0.05, 0) is 42.9 Å². The lowest BCUT2D eigenvalue weighted by molar-refractivity contribution is 0.310. The molecule has 3 atom stereocenters. The van der Waals surface area contributed by atoms with Crippen molar-refractivity contribution in [1.29, 1.82) is 0 Å². The molecule has 0 heteroatoms. The number of rotatable bonds is 7. The summed E-state index contributed by atoms with van der Waals surface area (Å²) in [6.07, 6.45) is 5.56. The molecule has 0 aromatic rings. The molecule has 3 unspecified atom stereocenters. The molecule has 0 aromatic heterocycles. The van der Waals surface area contributed by atoms with Gasteiger partial charge in [-0.1, -0.05) is 48.0 Å². The Balaban J connectivity index is 3.65. The van der Waals surface area contributed by atoms with Crippen LogP contribution in [-0.2, 0) is 0 Å². The molecule has 0 saturated heterocycles. The van der Waals surface area contributed by atoms with Gasteiger partial charge in [-0.3, -0.25) is 0 Å². The predicted molar refractivity (Wildman–Crippen MR) is 66.5 cm³/mol. The summed E-state index contributed by atoms with van der Waals surface area (Å²) < 4.78 is 0. The highest BCUT2D eigenvalue weighted by Crippen LogP contribution is 2.24. The van der Waals surface area contributed by atoms with Crippen LogP contribution in [0.3, 0.4) is 0 Å². The van der Waals surface area contributed by atoms with Gasteiger partial charge >= 0.3 is 0 Å². The molecule has 0 saturated carbocycles. The second-order valence-corrected chi connectivity index (χ2v) is 5.82. The zero-order valence-electron chi connectivity index (χ0n) is 11.1. The Kier molecular flexibility index (Phi) is 7.31. The summed E-state index contributed by atoms with van der Waals surface area (Å²) in [6.45, 7) is 14.2. The fourth-order valence-corrected chi connectivity index (χ4v) is 2.54. The standard InChI is InChI=1S/C14H30/c1-7-12(4)9-14(6)10-13(5)8-11(2)3/h11-14H,7-10H2,1-6H3. The molecular formula is C14H30. The zero-order valence-corrected chi connectivity index (χ0v) is 11.1. The van der Waals surface area contributed by atoms with Crippen LogP contribution < -0.4 is 0 Å². The van der Waals surface area contributed by atoms with Crippen molar-refractivity contribution in [1.82, 2.24) is 0 Å². The van der Waals surface area contributed by atoms with E-state index in [1.165, 1.54) is 25.7 Å². The Labute approximate surface area is 91.5 Å². The summed E-state index contributed by atoms with van der Waals surface area (Å²) in [5.74, 6) is 3.60. The molecule has 0 spiro atoms. The third-order valence-electron chi connectivity index (χ3n) is 3.18. The molecule has 0 nitrogen and oxygen atoms in total. The first-order chi connectivity index (χ1) is 6.45. The van der Waals surface area contributed by atoms with E-state index in [4.69, 9.17) is 0 Å². The van der Waals surface area contributed by atoms with Gasteiger partial charge in [0.05, 0.1) is 0 Å². The van der Waals surface area contributed by atoms with Crippen LogP contribution in [0, 0.1) is 23.7 Å². The van der Waals surface area contributed by atoms with Crippen molar-refractivity contribution in [3.63, 3.8) is 0 Å². The monoisotopic (exact) mass is 198 g/mol. The molecule has 0 rings (SSSR count). The van der Waals surface area contributed by atoms with Crippen LogP contribution in [0.4, 0.5) is 0 Å². The van der Waals surface area contributed by atoms with Gasteiger partial charge in [-0.15, -0.1) is 0 Å². The Morgan fingerprint density at radius 2 is 1.07 bits per heavy atom. The molecule has 0 radical (unpaired) electrons. The van der Waals surface area contributed by atoms with Crippen molar-refractivity contribution in [2.45, 2.75) is 67.2 Å². The second-order valence-electron chi connectivity index (χ2n) is 5.82. The lowest BCUT2D eigenvalue weighted by Crippen LogP contribution is -2.09. The fourth-order valence-electron chi connectivity index (χ4n) is 2.54. The van der Waals surface area contributed by atoms with Crippen molar-refractivity contribution in [3.05, 3.63) is 0 Å². The van der Waals surface area contributed by atoms with E-state index in [1.54, 1.807) is 0 Å². The zero-order chi connectivity index (χ0) is 11.1. The van der Waals surface area contributed by atoms with Crippen LogP contribution in [0.1, 0.15) is 67.2 Å². The van der Waals surface area contributed by atoms with Gasteiger partial charge < -0.3 is 0 Å². The smallest absolute Gasteiger partial charge is 0.0438 e. The van der Waals surface area contributed by atoms with Crippen molar-refractivity contribution >= 4 is 0 Å². The summed E-state index contributed by atoms with van der Waals surface area (Å²) in [5.41, 5.74) is 0. The normalized spacial score (nSPS) is 18.2. The lowest BCUT2D eigenvalue weighted by Gasteiger charge is -2.21. The van der Waals surface area contributed by atoms with Crippen molar-refractivity contribution in [2.24, 2.45) is 23.7 Å². The Morgan fingerprint density at radius 1 is 0.643 bits per heavy atom. The lowest BCUT2D eigenvalue weighted by atomic mass is 9.85. The van der Waals surface area contributed by atoms with E-state index < -0.39 is 0 Å². The van der Waals surface area contributed by atoms with E-state index in [0.717, 1.165) is 23.7 Å². The molecule has 14 heavy (non-hydrogen) atoms. The van der Waals surface area contributed by atoms with E-state index in [2.05, 4.69) is 41.5 Å². The van der Waals surface area contributed by atoms with E-state index in [-0.39, 0.29) is 0 Å². The van der Waals surface area contributed by atoms with Crippen LogP contribution >= 0.6 is 0 Å². The largest absolute Gasteiger partial charge is 0.0651 e. The van der Waals surface area contributed by atoms with Gasteiger partial charge in [-0.2, -0.15) is 0 Å². The van der Waals surface area contributed by atoms with Gasteiger partial charge in [-0.25, -0.2) is 0 Å². The third kappa shape index (κ3) is 7.41. The van der Waals surface area contributed by atoms with Crippen LogP contribution in [0.25, 0.3) is 0 Å². The van der Waals surface area contributed by atoms with Crippen molar-refractivity contribution < 1.29 is 0 Å². The van der Waals surface area contributed by atoms with Gasteiger partial charge in [0.1, 0.15) is 0 Å². The van der Waals surface area contributed by atoms with E-state index in [1.807, 2.05) is 0 Å². The number of hydrogen-bond donors (Lipinski definition) is 0. The molecule has 0 aliphatic heterocycles. The maximum atomic E-state index is 2.42. The van der Waals surface area contributed by atoms with E-state index in [9.17, 15) is 0 Å². The Hall–Kier alpha value is 0. The first-order valence-corrected chi connectivity index (χ1v) is 6.45. The Bertz CT molecular complexity index is 126. The summed E-state index contributed by atoms with van der Waals surface area (Å²) >= 11 is 0. The summed E-state index contributed by atoms with van der Waals surface area (Å²) in [5, 5.41) is 0. The molecular weight excluding hydrogens is 168 g/mol. The minimum absolute atomic E-state index is 0.862. The molecule has 86 valence electrons. The van der Waals surface area contributed by atoms with Crippen molar-refractivity contribution in [2.75, 3.05) is 0 Å². The molecule has 0 amide bonds. The predicted octanol–water partition coefficient (Wildman–Crippen LogP) is 5.13. The number of hydrogen-bond acceptors (Lipinski definition) is 0. The molecule has 0 aliphatic carbocycles. The fraction of sp³-hybridized carbons (Fsp3) is 1.00. The molecule has 0 N–H and O–H groups in total. The molecule has 0 aromatic carbocycles. The topological polar surface area (TPSA) is 0 Å². The highest BCUT2D eigenvalue weighted by Gasteiger charge is 2.12. The first-order valence-electron chi connectivity index (χ1n) is 6.45. The minimum Gasteiger partial charge on any atom is -0.0651 e. The Morgan fingerprint density at radius 3 is 1.50 bits per heavy atom. The van der Waals surface area contributed by atoms with Crippen molar-refractivity contribution in [3.8, 4) is 0 Å². The summed E-state index contributed by atoms with van der Waals surface area (Å²) in [6, 6.07) is 0.